The molecule has 0 aromatic carbocycles. The van der Waals surface area contributed by atoms with Crippen molar-refractivity contribution in [3.63, 3.8) is 0 Å². The molecule has 0 amide bonds. The van der Waals surface area contributed by atoms with Crippen LogP contribution in [0.4, 0.5) is 0 Å². The number of halogens is 2. The van der Waals surface area contributed by atoms with Gasteiger partial charge in [-0.15, -0.1) is 0 Å². The third kappa shape index (κ3) is 2.57. The largest absolute Gasteiger partial charge is 0.481 e. The summed E-state index contributed by atoms with van der Waals surface area (Å²) in [7, 11) is 0. The van der Waals surface area contributed by atoms with Crippen LogP contribution in [0.3, 0.4) is 0 Å². The molecule has 2 N–H and O–H groups in total. The first-order valence-electron chi connectivity index (χ1n) is 3.71. The lowest BCUT2D eigenvalue weighted by Crippen LogP contribution is -2.06. The molecule has 0 aliphatic heterocycles. The second-order valence-electron chi connectivity index (χ2n) is 2.63. The first-order chi connectivity index (χ1) is 6.52. The number of nitrogens with zero attached hydrogens (tertiary/aromatic N) is 1. The van der Waals surface area contributed by atoms with E-state index in [0.717, 1.165) is 0 Å². The molecule has 0 bridgehead atoms. The van der Waals surface area contributed by atoms with Crippen LogP contribution in [0, 0.1) is 0 Å². The van der Waals surface area contributed by atoms with E-state index in [1.807, 2.05) is 0 Å². The maximum Gasteiger partial charge on any atom is 0.306 e. The first-order valence-corrected chi connectivity index (χ1v) is 4.46. The summed E-state index contributed by atoms with van der Waals surface area (Å²) in [5.41, 5.74) is 0.200. The van der Waals surface area contributed by atoms with Crippen molar-refractivity contribution in [2.45, 2.75) is 12.5 Å². The van der Waals surface area contributed by atoms with E-state index in [-0.39, 0.29) is 15.6 Å². The van der Waals surface area contributed by atoms with Gasteiger partial charge in [0.25, 0.3) is 0 Å². The Kier molecular flexibility index (Phi) is 3.69. The smallest absolute Gasteiger partial charge is 0.306 e. The molecule has 0 aliphatic carbocycles. The number of carboxylic acids is 1. The highest BCUT2D eigenvalue weighted by Crippen LogP contribution is 2.30. The quantitative estimate of drug-likeness (QED) is 0.840. The van der Waals surface area contributed by atoms with Crippen molar-refractivity contribution >= 4 is 29.2 Å². The number of aliphatic carboxylic acids is 1. The lowest BCUT2D eigenvalue weighted by atomic mass is 10.1. The molecule has 0 saturated heterocycles. The molecule has 0 fully saturated rings. The molecule has 1 aromatic rings. The van der Waals surface area contributed by atoms with Crippen LogP contribution in [0.5, 0.6) is 0 Å². The van der Waals surface area contributed by atoms with Gasteiger partial charge in [0.2, 0.25) is 0 Å². The van der Waals surface area contributed by atoms with Gasteiger partial charge in [-0.2, -0.15) is 0 Å². The molecule has 4 nitrogen and oxygen atoms in total. The minimum atomic E-state index is -1.21. The highest BCUT2D eigenvalue weighted by molar-refractivity contribution is 6.35. The van der Waals surface area contributed by atoms with E-state index in [1.54, 1.807) is 0 Å². The highest BCUT2D eigenvalue weighted by atomic mass is 35.5. The average Bonchev–Trinajstić information content (AvgIpc) is 2.01. The minimum Gasteiger partial charge on any atom is -0.481 e. The number of aromatic nitrogens is 1. The molecule has 1 aromatic heterocycles. The Morgan fingerprint density at radius 3 is 2.36 bits per heavy atom. The van der Waals surface area contributed by atoms with Crippen LogP contribution in [0.2, 0.25) is 10.0 Å². The number of aliphatic hydroxyl groups excluding tert-OH is 1. The van der Waals surface area contributed by atoms with Crippen molar-refractivity contribution in [2.24, 2.45) is 0 Å². The third-order valence-electron chi connectivity index (χ3n) is 1.59. The second-order valence-corrected chi connectivity index (χ2v) is 3.44. The Balaban J connectivity index is 2.99. The number of hydrogen-bond donors (Lipinski definition) is 2. The van der Waals surface area contributed by atoms with Crippen molar-refractivity contribution < 1.29 is 15.0 Å². The lowest BCUT2D eigenvalue weighted by molar-refractivity contribution is -0.139. The van der Waals surface area contributed by atoms with Crippen LogP contribution in [0.25, 0.3) is 0 Å². The minimum absolute atomic E-state index is 0.159. The van der Waals surface area contributed by atoms with E-state index in [9.17, 15) is 9.90 Å². The van der Waals surface area contributed by atoms with Gasteiger partial charge in [0, 0.05) is 18.0 Å². The Labute approximate surface area is 90.1 Å². The lowest BCUT2D eigenvalue weighted by Gasteiger charge is -2.11. The number of carbonyl (C=O) groups is 1. The van der Waals surface area contributed by atoms with Crippen molar-refractivity contribution in [1.29, 1.82) is 0 Å². The van der Waals surface area contributed by atoms with Crippen molar-refractivity contribution in [2.75, 3.05) is 0 Å². The fourth-order valence-corrected chi connectivity index (χ4v) is 1.62. The summed E-state index contributed by atoms with van der Waals surface area (Å²) in [5.74, 6) is -1.12. The summed E-state index contributed by atoms with van der Waals surface area (Å²) in [4.78, 5) is 14.0. The van der Waals surface area contributed by atoms with Gasteiger partial charge in [0.1, 0.15) is 0 Å². The normalized spacial score (nSPS) is 12.5. The summed E-state index contributed by atoms with van der Waals surface area (Å²) in [6, 6.07) is 0. The first kappa shape index (κ1) is 11.2. The number of hydrogen-bond acceptors (Lipinski definition) is 3. The highest BCUT2D eigenvalue weighted by Gasteiger charge is 2.18. The van der Waals surface area contributed by atoms with Crippen molar-refractivity contribution in [3.05, 3.63) is 28.0 Å². The van der Waals surface area contributed by atoms with Gasteiger partial charge in [-0.1, -0.05) is 23.2 Å². The zero-order chi connectivity index (χ0) is 10.7. The molecular weight excluding hydrogens is 229 g/mol. The van der Waals surface area contributed by atoms with Gasteiger partial charge in [-0.25, -0.2) is 0 Å². The van der Waals surface area contributed by atoms with E-state index in [4.69, 9.17) is 28.3 Å². The standard InChI is InChI=1S/C8H7Cl2NO3/c9-4-2-11-3-5(10)8(4)6(12)1-7(13)14/h2-3,6,12H,1H2,(H,13,14). The predicted octanol–water partition coefficient (Wildman–Crippen LogP) is 1.90. The van der Waals surface area contributed by atoms with E-state index < -0.39 is 18.5 Å². The summed E-state index contributed by atoms with van der Waals surface area (Å²) in [6.07, 6.45) is 0.945. The van der Waals surface area contributed by atoms with Crippen molar-refractivity contribution in [1.82, 2.24) is 4.98 Å². The predicted molar refractivity (Wildman–Crippen MR) is 51.5 cm³/mol. The molecule has 0 spiro atoms. The van der Waals surface area contributed by atoms with Crippen LogP contribution < -0.4 is 0 Å². The molecule has 0 saturated carbocycles. The van der Waals surface area contributed by atoms with Gasteiger partial charge < -0.3 is 10.2 Å². The van der Waals surface area contributed by atoms with Crippen LogP contribution in [0.15, 0.2) is 12.4 Å². The Bertz CT molecular complexity index is 336. The van der Waals surface area contributed by atoms with Crippen LogP contribution >= 0.6 is 23.2 Å². The zero-order valence-corrected chi connectivity index (χ0v) is 8.46. The molecule has 6 heteroatoms. The topological polar surface area (TPSA) is 70.4 Å². The molecule has 1 heterocycles. The molecule has 76 valence electrons. The van der Waals surface area contributed by atoms with Crippen LogP contribution in [-0.2, 0) is 4.79 Å². The van der Waals surface area contributed by atoms with Gasteiger partial charge in [-0.05, 0) is 0 Å². The van der Waals surface area contributed by atoms with Gasteiger partial charge in [-0.3, -0.25) is 9.78 Å². The zero-order valence-electron chi connectivity index (χ0n) is 6.94. The monoisotopic (exact) mass is 235 g/mol. The molecule has 14 heavy (non-hydrogen) atoms. The van der Waals surface area contributed by atoms with E-state index in [0.29, 0.717) is 0 Å². The SMILES string of the molecule is O=C(O)CC(O)c1c(Cl)cncc1Cl. The maximum atomic E-state index is 10.3. The molecule has 0 aliphatic rings. The number of pyridine rings is 1. The average molecular weight is 236 g/mol. The molecule has 0 radical (unpaired) electrons. The molecule has 1 rings (SSSR count). The van der Waals surface area contributed by atoms with Crippen LogP contribution in [0.1, 0.15) is 18.1 Å². The summed E-state index contributed by atoms with van der Waals surface area (Å²) < 4.78 is 0. The van der Waals surface area contributed by atoms with Gasteiger partial charge in [0.15, 0.2) is 0 Å². The Morgan fingerprint density at radius 1 is 1.43 bits per heavy atom. The summed E-state index contributed by atoms with van der Waals surface area (Å²) in [5, 5.41) is 18.3. The molecule has 1 unspecified atom stereocenters. The fourth-order valence-electron chi connectivity index (χ4n) is 1.01. The third-order valence-corrected chi connectivity index (χ3v) is 2.19. The Morgan fingerprint density at radius 2 is 1.93 bits per heavy atom. The number of aliphatic hydroxyl groups is 1. The second kappa shape index (κ2) is 4.59. The van der Waals surface area contributed by atoms with Gasteiger partial charge >= 0.3 is 5.97 Å². The number of carboxylic acid groups (broad SMARTS) is 1. The van der Waals surface area contributed by atoms with E-state index >= 15 is 0 Å². The maximum absolute atomic E-state index is 10.3. The summed E-state index contributed by atoms with van der Waals surface area (Å²) in [6.45, 7) is 0. The molecule has 1 atom stereocenters. The number of rotatable bonds is 3. The molecular formula is C8H7Cl2NO3. The van der Waals surface area contributed by atoms with E-state index in [2.05, 4.69) is 4.98 Å². The van der Waals surface area contributed by atoms with Crippen molar-refractivity contribution in [3.8, 4) is 0 Å². The van der Waals surface area contributed by atoms with E-state index in [1.165, 1.54) is 12.4 Å². The van der Waals surface area contributed by atoms with Crippen LogP contribution in [-0.4, -0.2) is 21.2 Å². The summed E-state index contributed by atoms with van der Waals surface area (Å²) >= 11 is 11.4. The van der Waals surface area contributed by atoms with Gasteiger partial charge in [0.05, 0.1) is 22.6 Å². The fraction of sp³-hybridized carbons (Fsp3) is 0.250. The Hall–Kier alpha value is -0.840.